The van der Waals surface area contributed by atoms with Crippen molar-refractivity contribution in [2.24, 2.45) is 0 Å². The Bertz CT molecular complexity index is 458. The van der Waals surface area contributed by atoms with Crippen LogP contribution in [0.5, 0.6) is 0 Å². The first-order valence-corrected chi connectivity index (χ1v) is 4.95. The molecule has 0 radical (unpaired) electrons. The Morgan fingerprint density at radius 2 is 0.792 bits per heavy atom. The molecule has 24 heavy (non-hydrogen) atoms. The van der Waals surface area contributed by atoms with Gasteiger partial charge < -0.3 is 4.74 Å². The lowest BCUT2D eigenvalue weighted by molar-refractivity contribution is -0.483. The van der Waals surface area contributed by atoms with Gasteiger partial charge in [-0.05, 0) is 0 Å². The average molecular weight is 400 g/mol. The maximum Gasteiger partial charge on any atom is 0.460 e. The second-order valence-electron chi connectivity index (χ2n) is 4.10. The highest BCUT2D eigenvalue weighted by Crippen LogP contribution is 2.64. The smallest absolute Gasteiger partial charge is 0.339 e. The fraction of sp³-hybridized carbons (Fsp3) is 1.00. The van der Waals surface area contributed by atoms with Crippen molar-refractivity contribution in [3.8, 4) is 0 Å². The van der Waals surface area contributed by atoms with Gasteiger partial charge in [0.05, 0.1) is 0 Å². The van der Waals surface area contributed by atoms with E-state index in [-0.39, 0.29) is 0 Å². The number of hydrogen-bond donors (Lipinski definition) is 0. The quantitative estimate of drug-likeness (QED) is 0.606. The minimum Gasteiger partial charge on any atom is -0.339 e. The predicted molar refractivity (Wildman–Crippen MR) is 42.7 cm³/mol. The zero-order valence-electron chi connectivity index (χ0n) is 10.6. The molecule has 0 aromatic heterocycles. The van der Waals surface area contributed by atoms with Gasteiger partial charge in [-0.15, -0.1) is 0 Å². The molecule has 0 saturated carbocycles. The first kappa shape index (κ1) is 22.9. The first-order valence-electron chi connectivity index (χ1n) is 4.95. The van der Waals surface area contributed by atoms with Gasteiger partial charge in [-0.3, -0.25) is 0 Å². The molecule has 146 valence electrons. The summed E-state index contributed by atoms with van der Waals surface area (Å²) in [6.45, 7) is 0. The van der Waals surface area contributed by atoms with Crippen LogP contribution < -0.4 is 0 Å². The Labute approximate surface area is 121 Å². The van der Waals surface area contributed by atoms with Crippen molar-refractivity contribution in [2.75, 3.05) is 7.11 Å². The van der Waals surface area contributed by atoms with E-state index in [2.05, 4.69) is 4.74 Å². The number of rotatable bonds is 4. The van der Waals surface area contributed by atoms with Gasteiger partial charge in [0.25, 0.3) is 0 Å². The molecule has 0 aliphatic rings. The van der Waals surface area contributed by atoms with Gasteiger partial charge in [-0.1, -0.05) is 0 Å². The zero-order chi connectivity index (χ0) is 20.2. The van der Waals surface area contributed by atoms with Crippen LogP contribution >= 0.6 is 0 Å². The predicted octanol–water partition coefficient (Wildman–Crippen LogP) is 4.96. The van der Waals surface area contributed by atoms with Crippen LogP contribution in [0.3, 0.4) is 0 Å². The SMILES string of the molecule is COC(F)(C(F)(F)F)C(F)(C(F)(F)F)C(F)(F)C(F)(F)C(F)(F)F. The molecule has 0 aliphatic carbocycles. The first-order chi connectivity index (χ1) is 10.1. The number of alkyl halides is 15. The Morgan fingerprint density at radius 1 is 0.458 bits per heavy atom. The number of ether oxygens (including phenoxy) is 1. The molecule has 0 aromatic carbocycles. The van der Waals surface area contributed by atoms with Crippen LogP contribution in [-0.2, 0) is 4.74 Å². The Morgan fingerprint density at radius 3 is 0.958 bits per heavy atom. The third-order valence-electron chi connectivity index (χ3n) is 2.66. The van der Waals surface area contributed by atoms with Crippen molar-refractivity contribution < 1.29 is 70.6 Å². The van der Waals surface area contributed by atoms with Crippen molar-refractivity contribution in [3.05, 3.63) is 0 Å². The highest BCUT2D eigenvalue weighted by molar-refractivity contribution is 5.17. The highest BCUT2D eigenvalue weighted by Gasteiger charge is 2.96. The molecule has 0 rings (SSSR count). The van der Waals surface area contributed by atoms with Crippen molar-refractivity contribution >= 4 is 0 Å². The molecule has 0 bridgehead atoms. The summed E-state index contributed by atoms with van der Waals surface area (Å²) >= 11 is 0. The molecule has 2 atom stereocenters. The topological polar surface area (TPSA) is 9.23 Å². The molecule has 0 fully saturated rings. The van der Waals surface area contributed by atoms with Gasteiger partial charge in [-0.2, -0.15) is 61.5 Å². The maximum atomic E-state index is 13.6. The summed E-state index contributed by atoms with van der Waals surface area (Å²) in [4.78, 5) is 0. The molecular formula is C8H3F15O. The standard InChI is InChI=1S/C8H3F15O/c1-24-5(14,8(21,22)23)2(9,6(15,16)17)3(10,11)4(12,13)7(18,19)20/h1H3. The summed E-state index contributed by atoms with van der Waals surface area (Å²) in [6, 6.07) is 0. The molecule has 0 N–H and O–H groups in total. The van der Waals surface area contributed by atoms with Crippen molar-refractivity contribution in [3.63, 3.8) is 0 Å². The molecule has 0 aromatic rings. The van der Waals surface area contributed by atoms with Crippen LogP contribution in [0.2, 0.25) is 0 Å². The van der Waals surface area contributed by atoms with E-state index in [1.165, 1.54) is 0 Å². The van der Waals surface area contributed by atoms with E-state index >= 15 is 0 Å². The van der Waals surface area contributed by atoms with E-state index in [0.29, 0.717) is 0 Å². The summed E-state index contributed by atoms with van der Waals surface area (Å²) in [5.41, 5.74) is -8.15. The third kappa shape index (κ3) is 2.65. The van der Waals surface area contributed by atoms with Crippen molar-refractivity contribution in [1.82, 2.24) is 0 Å². The summed E-state index contributed by atoms with van der Waals surface area (Å²) in [5, 5.41) is 0. The fourth-order valence-corrected chi connectivity index (χ4v) is 1.41. The van der Waals surface area contributed by atoms with Gasteiger partial charge in [0.15, 0.2) is 0 Å². The monoisotopic (exact) mass is 400 g/mol. The average Bonchev–Trinajstić information content (AvgIpc) is 2.31. The fourth-order valence-electron chi connectivity index (χ4n) is 1.41. The van der Waals surface area contributed by atoms with Crippen LogP contribution in [-0.4, -0.2) is 49.0 Å². The third-order valence-corrected chi connectivity index (χ3v) is 2.66. The summed E-state index contributed by atoms with van der Waals surface area (Å²) in [7, 11) is -0.796. The van der Waals surface area contributed by atoms with Crippen LogP contribution in [0.15, 0.2) is 0 Å². The summed E-state index contributed by atoms with van der Waals surface area (Å²) in [5.74, 6) is -23.7. The number of halogens is 15. The normalized spacial score (nSPS) is 20.5. The van der Waals surface area contributed by atoms with Gasteiger partial charge in [0, 0.05) is 7.11 Å². The molecule has 0 spiro atoms. The lowest BCUT2D eigenvalue weighted by Gasteiger charge is -2.45. The van der Waals surface area contributed by atoms with Gasteiger partial charge in [-0.25, -0.2) is 4.39 Å². The Hall–Kier alpha value is -1.09. The molecule has 0 heterocycles. The second kappa shape index (κ2) is 5.45. The van der Waals surface area contributed by atoms with Gasteiger partial charge in [0.2, 0.25) is 0 Å². The lowest BCUT2D eigenvalue weighted by atomic mass is 9.83. The summed E-state index contributed by atoms with van der Waals surface area (Å²) < 4.78 is 190. The van der Waals surface area contributed by atoms with Gasteiger partial charge in [0.1, 0.15) is 0 Å². The Kier molecular flexibility index (Phi) is 5.21. The molecule has 16 heteroatoms. The molecule has 0 amide bonds. The minimum absolute atomic E-state index is 0.796. The van der Waals surface area contributed by atoms with E-state index < -0.39 is 49.0 Å². The van der Waals surface area contributed by atoms with E-state index in [1.807, 2.05) is 0 Å². The molecule has 1 nitrogen and oxygen atoms in total. The second-order valence-corrected chi connectivity index (χ2v) is 4.10. The largest absolute Gasteiger partial charge is 0.460 e. The maximum absolute atomic E-state index is 13.6. The van der Waals surface area contributed by atoms with Gasteiger partial charge >= 0.3 is 41.9 Å². The van der Waals surface area contributed by atoms with E-state index in [0.717, 1.165) is 0 Å². The van der Waals surface area contributed by atoms with Crippen LogP contribution in [0.25, 0.3) is 0 Å². The number of hydrogen-bond acceptors (Lipinski definition) is 1. The summed E-state index contributed by atoms with van der Waals surface area (Å²) in [6.07, 6.45) is -23.0. The number of methoxy groups -OCH3 is 1. The highest BCUT2D eigenvalue weighted by atomic mass is 19.4. The van der Waals surface area contributed by atoms with E-state index in [9.17, 15) is 65.9 Å². The van der Waals surface area contributed by atoms with Crippen LogP contribution in [0.1, 0.15) is 0 Å². The van der Waals surface area contributed by atoms with E-state index in [1.54, 1.807) is 0 Å². The molecule has 0 saturated heterocycles. The molecular weight excluding hydrogens is 397 g/mol. The van der Waals surface area contributed by atoms with E-state index in [4.69, 9.17) is 0 Å². The lowest BCUT2D eigenvalue weighted by Crippen LogP contribution is -2.78. The minimum atomic E-state index is -8.31. The zero-order valence-corrected chi connectivity index (χ0v) is 10.6. The molecule has 0 aliphatic heterocycles. The van der Waals surface area contributed by atoms with Crippen LogP contribution in [0.4, 0.5) is 65.9 Å². The van der Waals surface area contributed by atoms with Crippen molar-refractivity contribution in [2.45, 2.75) is 41.9 Å². The Balaban J connectivity index is 6.97. The van der Waals surface area contributed by atoms with Crippen molar-refractivity contribution in [1.29, 1.82) is 0 Å². The van der Waals surface area contributed by atoms with Crippen LogP contribution in [0, 0.1) is 0 Å². The molecule has 2 unspecified atom stereocenters.